The molecule has 1 aliphatic carbocycles. The molecule has 1 fully saturated rings. The number of hydrogen-bond donors (Lipinski definition) is 1. The highest BCUT2D eigenvalue weighted by Gasteiger charge is 2.44. The predicted octanol–water partition coefficient (Wildman–Crippen LogP) is 3.07. The molecule has 0 aromatic heterocycles. The Kier molecular flexibility index (Phi) is 6.04. The van der Waals surface area contributed by atoms with Crippen molar-refractivity contribution in [1.29, 1.82) is 0 Å². The summed E-state index contributed by atoms with van der Waals surface area (Å²) < 4.78 is 38.4. The summed E-state index contributed by atoms with van der Waals surface area (Å²) in [4.78, 5) is 24.5. The van der Waals surface area contributed by atoms with Crippen LogP contribution in [0.1, 0.15) is 46.0 Å². The molecule has 1 amide bonds. The fourth-order valence-corrected chi connectivity index (χ4v) is 2.99. The van der Waals surface area contributed by atoms with E-state index in [1.165, 1.54) is 4.90 Å². The molecule has 4 nitrogen and oxygen atoms in total. The standard InChI is InChI=1S/C14H22F3NO3/c1-3-18(9(2)7-12(19)20)13(21)10-5-4-6-11(8-10)14(15,16)17/h9-11H,3-8H2,1-2H3,(H,19,20). The van der Waals surface area contributed by atoms with Crippen molar-refractivity contribution in [3.8, 4) is 0 Å². The maximum atomic E-state index is 12.8. The first kappa shape index (κ1) is 17.8. The van der Waals surface area contributed by atoms with Gasteiger partial charge < -0.3 is 10.0 Å². The Morgan fingerprint density at radius 1 is 1.33 bits per heavy atom. The summed E-state index contributed by atoms with van der Waals surface area (Å²) >= 11 is 0. The zero-order valence-corrected chi connectivity index (χ0v) is 12.3. The lowest BCUT2D eigenvalue weighted by Gasteiger charge is -2.35. The lowest BCUT2D eigenvalue weighted by Crippen LogP contribution is -2.45. The van der Waals surface area contributed by atoms with Gasteiger partial charge in [-0.05, 0) is 33.1 Å². The second-order valence-electron chi connectivity index (χ2n) is 5.67. The van der Waals surface area contributed by atoms with Crippen molar-refractivity contribution in [3.05, 3.63) is 0 Å². The van der Waals surface area contributed by atoms with Crippen LogP contribution in [0, 0.1) is 11.8 Å². The van der Waals surface area contributed by atoms with E-state index in [2.05, 4.69) is 0 Å². The van der Waals surface area contributed by atoms with Gasteiger partial charge in [-0.1, -0.05) is 6.42 Å². The molecule has 1 saturated carbocycles. The van der Waals surface area contributed by atoms with Gasteiger partial charge in [-0.3, -0.25) is 9.59 Å². The molecule has 0 radical (unpaired) electrons. The Bertz CT molecular complexity index is 384. The number of carboxylic acid groups (broad SMARTS) is 1. The summed E-state index contributed by atoms with van der Waals surface area (Å²) in [5.41, 5.74) is 0. The molecular formula is C14H22F3NO3. The van der Waals surface area contributed by atoms with E-state index in [-0.39, 0.29) is 25.2 Å². The third-order valence-corrected chi connectivity index (χ3v) is 4.11. The molecule has 3 unspecified atom stereocenters. The normalized spacial score (nSPS) is 24.4. The molecule has 7 heteroatoms. The Morgan fingerprint density at radius 3 is 2.43 bits per heavy atom. The van der Waals surface area contributed by atoms with Gasteiger partial charge in [0.05, 0.1) is 12.3 Å². The fraction of sp³-hybridized carbons (Fsp3) is 0.857. The van der Waals surface area contributed by atoms with Gasteiger partial charge in [-0.2, -0.15) is 13.2 Å². The van der Waals surface area contributed by atoms with Gasteiger partial charge in [0.1, 0.15) is 0 Å². The molecule has 0 aromatic carbocycles. The van der Waals surface area contributed by atoms with E-state index in [1.54, 1.807) is 13.8 Å². The predicted molar refractivity (Wildman–Crippen MR) is 70.6 cm³/mol. The smallest absolute Gasteiger partial charge is 0.391 e. The highest BCUT2D eigenvalue weighted by atomic mass is 19.4. The van der Waals surface area contributed by atoms with Gasteiger partial charge in [0, 0.05) is 18.5 Å². The second-order valence-corrected chi connectivity index (χ2v) is 5.67. The van der Waals surface area contributed by atoms with Crippen LogP contribution in [0.4, 0.5) is 13.2 Å². The molecule has 0 spiro atoms. The van der Waals surface area contributed by atoms with E-state index in [0.29, 0.717) is 19.4 Å². The molecule has 0 saturated heterocycles. The zero-order chi connectivity index (χ0) is 16.2. The fourth-order valence-electron chi connectivity index (χ4n) is 2.99. The molecule has 21 heavy (non-hydrogen) atoms. The topological polar surface area (TPSA) is 57.6 Å². The Hall–Kier alpha value is -1.27. The van der Waals surface area contributed by atoms with E-state index in [1.807, 2.05) is 0 Å². The SMILES string of the molecule is CCN(C(=O)C1CCCC(C(F)(F)F)C1)C(C)CC(=O)O. The summed E-state index contributed by atoms with van der Waals surface area (Å²) in [7, 11) is 0. The first-order valence-electron chi connectivity index (χ1n) is 7.25. The van der Waals surface area contributed by atoms with Crippen LogP contribution in [-0.2, 0) is 9.59 Å². The van der Waals surface area contributed by atoms with Gasteiger partial charge >= 0.3 is 12.1 Å². The summed E-state index contributed by atoms with van der Waals surface area (Å²) in [5.74, 6) is -3.44. The van der Waals surface area contributed by atoms with Crippen LogP contribution in [0.3, 0.4) is 0 Å². The maximum absolute atomic E-state index is 12.8. The third-order valence-electron chi connectivity index (χ3n) is 4.11. The van der Waals surface area contributed by atoms with Gasteiger partial charge in [0.15, 0.2) is 0 Å². The monoisotopic (exact) mass is 309 g/mol. The van der Waals surface area contributed by atoms with E-state index < -0.39 is 30.0 Å². The number of alkyl halides is 3. The first-order valence-corrected chi connectivity index (χ1v) is 7.25. The summed E-state index contributed by atoms with van der Waals surface area (Å²) in [6, 6.07) is -0.508. The molecule has 1 rings (SSSR count). The van der Waals surface area contributed by atoms with Crippen LogP contribution >= 0.6 is 0 Å². The molecule has 3 atom stereocenters. The van der Waals surface area contributed by atoms with Crippen molar-refractivity contribution in [3.63, 3.8) is 0 Å². The van der Waals surface area contributed by atoms with E-state index in [4.69, 9.17) is 5.11 Å². The van der Waals surface area contributed by atoms with Crippen LogP contribution in [-0.4, -0.2) is 40.6 Å². The molecule has 0 bridgehead atoms. The number of nitrogens with zero attached hydrogens (tertiary/aromatic N) is 1. The molecule has 122 valence electrons. The molecule has 0 aliphatic heterocycles. The third kappa shape index (κ3) is 4.89. The van der Waals surface area contributed by atoms with Gasteiger partial charge in [-0.25, -0.2) is 0 Å². The van der Waals surface area contributed by atoms with Gasteiger partial charge in [0.2, 0.25) is 5.91 Å². The molecular weight excluding hydrogens is 287 g/mol. The lowest BCUT2D eigenvalue weighted by molar-refractivity contribution is -0.187. The van der Waals surface area contributed by atoms with E-state index in [0.717, 1.165) is 0 Å². The molecule has 1 aliphatic rings. The lowest BCUT2D eigenvalue weighted by atomic mass is 9.80. The van der Waals surface area contributed by atoms with Crippen LogP contribution in [0.15, 0.2) is 0 Å². The number of carboxylic acids is 1. The number of carbonyl (C=O) groups is 2. The Morgan fingerprint density at radius 2 is 1.95 bits per heavy atom. The molecule has 1 N–H and O–H groups in total. The highest BCUT2D eigenvalue weighted by molar-refractivity contribution is 5.80. The van der Waals surface area contributed by atoms with Gasteiger partial charge in [0.25, 0.3) is 0 Å². The average molecular weight is 309 g/mol. The van der Waals surface area contributed by atoms with Crippen LogP contribution in [0.2, 0.25) is 0 Å². The van der Waals surface area contributed by atoms with Crippen molar-refractivity contribution < 1.29 is 27.9 Å². The van der Waals surface area contributed by atoms with E-state index >= 15 is 0 Å². The second kappa shape index (κ2) is 7.13. The van der Waals surface area contributed by atoms with Crippen molar-refractivity contribution in [1.82, 2.24) is 4.90 Å². The zero-order valence-electron chi connectivity index (χ0n) is 12.3. The van der Waals surface area contributed by atoms with Crippen molar-refractivity contribution in [2.75, 3.05) is 6.54 Å². The minimum absolute atomic E-state index is 0.0735. The van der Waals surface area contributed by atoms with Crippen LogP contribution in [0.5, 0.6) is 0 Å². The minimum Gasteiger partial charge on any atom is -0.481 e. The van der Waals surface area contributed by atoms with Crippen LogP contribution < -0.4 is 0 Å². The molecule has 0 aromatic rings. The maximum Gasteiger partial charge on any atom is 0.391 e. The number of carbonyl (C=O) groups excluding carboxylic acids is 1. The summed E-state index contributed by atoms with van der Waals surface area (Å²) in [6.45, 7) is 3.63. The first-order chi connectivity index (χ1) is 9.66. The van der Waals surface area contributed by atoms with Crippen LogP contribution in [0.25, 0.3) is 0 Å². The number of halogens is 3. The quantitative estimate of drug-likeness (QED) is 0.849. The molecule has 0 heterocycles. The number of aliphatic carboxylic acids is 1. The average Bonchev–Trinajstić information content (AvgIpc) is 2.37. The summed E-state index contributed by atoms with van der Waals surface area (Å²) in [6.07, 6.45) is -3.74. The largest absolute Gasteiger partial charge is 0.481 e. The summed E-state index contributed by atoms with van der Waals surface area (Å²) in [5, 5.41) is 8.78. The number of rotatable bonds is 5. The minimum atomic E-state index is -4.26. The number of hydrogen-bond acceptors (Lipinski definition) is 2. The Balaban J connectivity index is 2.73. The Labute approximate surface area is 122 Å². The number of amides is 1. The van der Waals surface area contributed by atoms with Crippen molar-refractivity contribution >= 4 is 11.9 Å². The van der Waals surface area contributed by atoms with Crippen molar-refractivity contribution in [2.24, 2.45) is 11.8 Å². The highest BCUT2D eigenvalue weighted by Crippen LogP contribution is 2.40. The van der Waals surface area contributed by atoms with Crippen molar-refractivity contribution in [2.45, 2.75) is 58.2 Å². The van der Waals surface area contributed by atoms with E-state index in [9.17, 15) is 22.8 Å². The van der Waals surface area contributed by atoms with Gasteiger partial charge in [-0.15, -0.1) is 0 Å².